The van der Waals surface area contributed by atoms with E-state index in [1.165, 1.54) is 0 Å². The summed E-state index contributed by atoms with van der Waals surface area (Å²) in [5.74, 6) is 0. The summed E-state index contributed by atoms with van der Waals surface area (Å²) in [6.07, 6.45) is 3.50. The van der Waals surface area contributed by atoms with Gasteiger partial charge in [-0.1, -0.05) is 0 Å². The molecule has 0 amide bonds. The molecule has 2 rings (SSSR count). The third-order valence-corrected chi connectivity index (χ3v) is 2.78. The predicted molar refractivity (Wildman–Crippen MR) is 56.0 cm³/mol. The lowest BCUT2D eigenvalue weighted by molar-refractivity contribution is 0.678. The van der Waals surface area contributed by atoms with Gasteiger partial charge in [0.05, 0.1) is 6.33 Å². The van der Waals surface area contributed by atoms with E-state index in [2.05, 4.69) is 25.6 Å². The summed E-state index contributed by atoms with van der Waals surface area (Å²) >= 11 is 1.69. The van der Waals surface area contributed by atoms with Crippen LogP contribution in [0, 0.1) is 6.92 Å². The lowest BCUT2D eigenvalue weighted by atomic mass is 10.4. The van der Waals surface area contributed by atoms with Gasteiger partial charge in [-0.3, -0.25) is 0 Å². The predicted octanol–water partition coefficient (Wildman–Crippen LogP) is 1.46. The molecular weight excluding hydrogens is 196 g/mol. The van der Waals surface area contributed by atoms with Crippen molar-refractivity contribution in [3.8, 4) is 0 Å². The minimum Gasteiger partial charge on any atom is -0.347 e. The number of hydrogen-bond acceptors (Lipinski definition) is 4. The van der Waals surface area contributed by atoms with Crippen molar-refractivity contribution in [3.63, 3.8) is 0 Å². The van der Waals surface area contributed by atoms with Gasteiger partial charge in [0, 0.05) is 36.1 Å². The zero-order valence-electron chi connectivity index (χ0n) is 7.95. The molecule has 0 saturated heterocycles. The molecule has 0 fully saturated rings. The quantitative estimate of drug-likeness (QED) is 0.800. The number of aryl methyl sites for hydroxylation is 1. The van der Waals surface area contributed by atoms with E-state index >= 15 is 0 Å². The standard InChI is InChI=1S/C9H12N4S/c1-7-5-14-9(13-7)4-10-2-8-3-11-6-12-8/h3,5-6,10H,2,4H2,1H3,(H,11,12). The summed E-state index contributed by atoms with van der Waals surface area (Å²) in [6, 6.07) is 0. The molecule has 0 saturated carbocycles. The van der Waals surface area contributed by atoms with Gasteiger partial charge in [0.15, 0.2) is 0 Å². The molecule has 0 unspecified atom stereocenters. The second kappa shape index (κ2) is 4.34. The van der Waals surface area contributed by atoms with Crippen LogP contribution in [-0.2, 0) is 13.1 Å². The monoisotopic (exact) mass is 208 g/mol. The topological polar surface area (TPSA) is 53.6 Å². The lowest BCUT2D eigenvalue weighted by Gasteiger charge is -1.98. The molecule has 4 nitrogen and oxygen atoms in total. The maximum atomic E-state index is 4.36. The van der Waals surface area contributed by atoms with E-state index in [4.69, 9.17) is 0 Å². The SMILES string of the molecule is Cc1csc(CNCc2cnc[nH]2)n1. The normalized spacial score (nSPS) is 10.6. The highest BCUT2D eigenvalue weighted by Gasteiger charge is 1.98. The van der Waals surface area contributed by atoms with Crippen molar-refractivity contribution in [3.05, 3.63) is 34.3 Å². The Hall–Kier alpha value is -1.20. The highest BCUT2D eigenvalue weighted by atomic mass is 32.1. The molecule has 0 aromatic carbocycles. The molecule has 2 N–H and O–H groups in total. The summed E-state index contributed by atoms with van der Waals surface area (Å²) in [5.41, 5.74) is 2.19. The van der Waals surface area contributed by atoms with E-state index < -0.39 is 0 Å². The first-order valence-electron chi connectivity index (χ1n) is 4.43. The Morgan fingerprint density at radius 2 is 2.43 bits per heavy atom. The lowest BCUT2D eigenvalue weighted by Crippen LogP contribution is -2.12. The van der Waals surface area contributed by atoms with Crippen molar-refractivity contribution in [1.29, 1.82) is 0 Å². The van der Waals surface area contributed by atoms with Crippen molar-refractivity contribution in [2.45, 2.75) is 20.0 Å². The molecule has 0 bridgehead atoms. The molecule has 0 aliphatic heterocycles. The zero-order valence-corrected chi connectivity index (χ0v) is 8.77. The maximum Gasteiger partial charge on any atom is 0.107 e. The number of H-pyrrole nitrogens is 1. The van der Waals surface area contributed by atoms with Crippen molar-refractivity contribution >= 4 is 11.3 Å². The van der Waals surface area contributed by atoms with Crippen molar-refractivity contribution < 1.29 is 0 Å². The van der Waals surface area contributed by atoms with Crippen LogP contribution in [0.15, 0.2) is 17.9 Å². The number of aromatic nitrogens is 3. The summed E-state index contributed by atoms with van der Waals surface area (Å²) in [4.78, 5) is 11.3. The number of imidazole rings is 1. The average molecular weight is 208 g/mol. The Balaban J connectivity index is 1.78. The number of hydrogen-bond donors (Lipinski definition) is 2. The van der Waals surface area contributed by atoms with Crippen LogP contribution in [-0.4, -0.2) is 15.0 Å². The summed E-state index contributed by atoms with van der Waals surface area (Å²) in [6.45, 7) is 3.63. The molecule has 2 aromatic rings. The van der Waals surface area contributed by atoms with Gasteiger partial charge < -0.3 is 10.3 Å². The van der Waals surface area contributed by atoms with Crippen LogP contribution in [0.25, 0.3) is 0 Å². The van der Waals surface area contributed by atoms with Crippen molar-refractivity contribution in [2.75, 3.05) is 0 Å². The number of nitrogens with zero attached hydrogens (tertiary/aromatic N) is 2. The third-order valence-electron chi connectivity index (χ3n) is 1.81. The average Bonchev–Trinajstić information content (AvgIpc) is 2.77. The van der Waals surface area contributed by atoms with Gasteiger partial charge in [-0.25, -0.2) is 9.97 Å². The van der Waals surface area contributed by atoms with Crippen LogP contribution in [0.3, 0.4) is 0 Å². The van der Waals surface area contributed by atoms with E-state index in [0.717, 1.165) is 29.5 Å². The van der Waals surface area contributed by atoms with E-state index in [1.807, 2.05) is 13.1 Å². The second-order valence-corrected chi connectivity index (χ2v) is 4.01. The Labute approximate surface area is 86.4 Å². The van der Waals surface area contributed by atoms with Crippen LogP contribution >= 0.6 is 11.3 Å². The third kappa shape index (κ3) is 2.40. The molecule has 0 aliphatic rings. The maximum absolute atomic E-state index is 4.36. The highest BCUT2D eigenvalue weighted by Crippen LogP contribution is 2.07. The molecule has 0 aliphatic carbocycles. The molecule has 0 radical (unpaired) electrons. The van der Waals surface area contributed by atoms with Gasteiger partial charge in [-0.15, -0.1) is 11.3 Å². The Morgan fingerprint density at radius 1 is 1.50 bits per heavy atom. The van der Waals surface area contributed by atoms with Gasteiger partial charge in [-0.2, -0.15) is 0 Å². The Bertz CT molecular complexity index is 379. The fourth-order valence-electron chi connectivity index (χ4n) is 1.17. The smallest absolute Gasteiger partial charge is 0.107 e. The first-order chi connectivity index (χ1) is 6.84. The molecule has 2 aromatic heterocycles. The van der Waals surface area contributed by atoms with Crippen LogP contribution in [0.1, 0.15) is 16.4 Å². The fraction of sp³-hybridized carbons (Fsp3) is 0.333. The number of thiazole rings is 1. The molecule has 0 atom stereocenters. The number of rotatable bonds is 4. The van der Waals surface area contributed by atoms with E-state index in [9.17, 15) is 0 Å². The van der Waals surface area contributed by atoms with Gasteiger partial charge in [-0.05, 0) is 6.92 Å². The van der Waals surface area contributed by atoms with Gasteiger partial charge in [0.2, 0.25) is 0 Å². The zero-order chi connectivity index (χ0) is 9.80. The molecule has 5 heteroatoms. The number of aromatic amines is 1. The van der Waals surface area contributed by atoms with E-state index in [-0.39, 0.29) is 0 Å². The van der Waals surface area contributed by atoms with Gasteiger partial charge in [0.1, 0.15) is 5.01 Å². The van der Waals surface area contributed by atoms with Crippen molar-refractivity contribution in [1.82, 2.24) is 20.3 Å². The van der Waals surface area contributed by atoms with Gasteiger partial charge in [0.25, 0.3) is 0 Å². The van der Waals surface area contributed by atoms with E-state index in [1.54, 1.807) is 17.7 Å². The Kier molecular flexibility index (Phi) is 2.90. The summed E-state index contributed by atoms with van der Waals surface area (Å²) < 4.78 is 0. The molecule has 14 heavy (non-hydrogen) atoms. The highest BCUT2D eigenvalue weighted by molar-refractivity contribution is 7.09. The first-order valence-corrected chi connectivity index (χ1v) is 5.31. The molecule has 74 valence electrons. The Morgan fingerprint density at radius 3 is 3.07 bits per heavy atom. The number of nitrogens with one attached hydrogen (secondary N) is 2. The largest absolute Gasteiger partial charge is 0.347 e. The molecule has 2 heterocycles. The van der Waals surface area contributed by atoms with Crippen LogP contribution in [0.4, 0.5) is 0 Å². The summed E-state index contributed by atoms with van der Waals surface area (Å²) in [7, 11) is 0. The van der Waals surface area contributed by atoms with E-state index in [0.29, 0.717) is 0 Å². The van der Waals surface area contributed by atoms with Crippen LogP contribution < -0.4 is 5.32 Å². The molecular formula is C9H12N4S. The van der Waals surface area contributed by atoms with Crippen LogP contribution in [0.5, 0.6) is 0 Å². The van der Waals surface area contributed by atoms with Crippen LogP contribution in [0.2, 0.25) is 0 Å². The molecule has 0 spiro atoms. The minimum atomic E-state index is 0.804. The summed E-state index contributed by atoms with van der Waals surface area (Å²) in [5, 5.41) is 6.48. The first kappa shape index (κ1) is 9.36. The van der Waals surface area contributed by atoms with Crippen molar-refractivity contribution in [2.24, 2.45) is 0 Å². The minimum absolute atomic E-state index is 0.804. The second-order valence-electron chi connectivity index (χ2n) is 3.06. The van der Waals surface area contributed by atoms with Gasteiger partial charge >= 0.3 is 0 Å². The fourth-order valence-corrected chi connectivity index (χ4v) is 1.91.